The van der Waals surface area contributed by atoms with Gasteiger partial charge in [-0.3, -0.25) is 4.68 Å². The Balaban J connectivity index is 2.19. The average Bonchev–Trinajstić information content (AvgIpc) is 2.67. The molecule has 0 aliphatic rings. The number of aryl methyl sites for hydroxylation is 1. The number of rotatable bonds is 3. The molecule has 1 aromatic heterocycles. The molecule has 0 amide bonds. The molecule has 1 aromatic carbocycles. The Morgan fingerprint density at radius 3 is 2.76 bits per heavy atom. The van der Waals surface area contributed by atoms with Crippen molar-refractivity contribution in [2.45, 2.75) is 19.5 Å². The zero-order valence-corrected chi connectivity index (χ0v) is 9.40. The monoisotopic (exact) mass is 237 g/mol. The smallest absolute Gasteiger partial charge is 0.128 e. The molecule has 0 saturated heterocycles. The lowest BCUT2D eigenvalue weighted by molar-refractivity contribution is 0.494. The summed E-state index contributed by atoms with van der Waals surface area (Å²) in [5.41, 5.74) is 6.86. The quantitative estimate of drug-likeness (QED) is 0.889. The van der Waals surface area contributed by atoms with E-state index in [-0.39, 0.29) is 5.56 Å². The van der Waals surface area contributed by atoms with E-state index in [9.17, 15) is 8.78 Å². The van der Waals surface area contributed by atoms with Gasteiger partial charge in [0.15, 0.2) is 0 Å². The lowest BCUT2D eigenvalue weighted by atomic mass is 10.1. The minimum atomic E-state index is -0.620. The summed E-state index contributed by atoms with van der Waals surface area (Å²) in [4.78, 5) is 0. The van der Waals surface area contributed by atoms with Crippen LogP contribution >= 0.6 is 0 Å². The van der Waals surface area contributed by atoms with Crippen LogP contribution in [-0.4, -0.2) is 9.78 Å². The molecule has 0 radical (unpaired) electrons. The standard InChI is InChI=1S/C12H13F2N3/c1-8-4-5-17(16-8)7-12(15)10-6-9(13)2-3-11(10)14/h2-6,12H,7,15H2,1H3. The third-order valence-corrected chi connectivity index (χ3v) is 2.52. The summed E-state index contributed by atoms with van der Waals surface area (Å²) in [7, 11) is 0. The molecule has 2 N–H and O–H groups in total. The van der Waals surface area contributed by atoms with Crippen molar-refractivity contribution in [3.63, 3.8) is 0 Å². The van der Waals surface area contributed by atoms with E-state index in [1.807, 2.05) is 13.0 Å². The Kier molecular flexibility index (Phi) is 3.19. The maximum Gasteiger partial charge on any atom is 0.128 e. The lowest BCUT2D eigenvalue weighted by Gasteiger charge is -2.13. The second-order valence-corrected chi connectivity index (χ2v) is 3.95. The molecule has 17 heavy (non-hydrogen) atoms. The van der Waals surface area contributed by atoms with Crippen LogP contribution in [0.1, 0.15) is 17.3 Å². The third-order valence-electron chi connectivity index (χ3n) is 2.52. The van der Waals surface area contributed by atoms with Crippen molar-refractivity contribution in [2.75, 3.05) is 0 Å². The molecule has 90 valence electrons. The van der Waals surface area contributed by atoms with Crippen LogP contribution in [0, 0.1) is 18.6 Å². The van der Waals surface area contributed by atoms with Crippen molar-refractivity contribution in [1.29, 1.82) is 0 Å². The molecule has 0 fully saturated rings. The van der Waals surface area contributed by atoms with Gasteiger partial charge in [0.2, 0.25) is 0 Å². The van der Waals surface area contributed by atoms with Crippen LogP contribution < -0.4 is 5.73 Å². The zero-order valence-electron chi connectivity index (χ0n) is 9.40. The van der Waals surface area contributed by atoms with Gasteiger partial charge in [-0.15, -0.1) is 0 Å². The van der Waals surface area contributed by atoms with E-state index in [0.717, 1.165) is 23.9 Å². The van der Waals surface area contributed by atoms with Crippen LogP contribution in [0.25, 0.3) is 0 Å². The Labute approximate surface area is 97.9 Å². The molecule has 0 spiro atoms. The van der Waals surface area contributed by atoms with E-state index < -0.39 is 17.7 Å². The first kappa shape index (κ1) is 11.7. The number of halogens is 2. The highest BCUT2D eigenvalue weighted by molar-refractivity contribution is 5.21. The predicted molar refractivity (Wildman–Crippen MR) is 60.3 cm³/mol. The van der Waals surface area contributed by atoms with Crippen LogP contribution in [0.15, 0.2) is 30.5 Å². The Hall–Kier alpha value is -1.75. The summed E-state index contributed by atoms with van der Waals surface area (Å²) >= 11 is 0. The first-order chi connectivity index (χ1) is 8.06. The number of nitrogens with two attached hydrogens (primary N) is 1. The minimum absolute atomic E-state index is 0.165. The Morgan fingerprint density at radius 1 is 1.35 bits per heavy atom. The van der Waals surface area contributed by atoms with E-state index >= 15 is 0 Å². The molecule has 1 atom stereocenters. The Bertz CT molecular complexity index is 522. The summed E-state index contributed by atoms with van der Waals surface area (Å²) in [6.45, 7) is 2.17. The molecule has 0 bridgehead atoms. The number of aromatic nitrogens is 2. The van der Waals surface area contributed by atoms with Gasteiger partial charge in [0, 0.05) is 11.8 Å². The SMILES string of the molecule is Cc1ccn(CC(N)c2cc(F)ccc2F)n1. The second-order valence-electron chi connectivity index (χ2n) is 3.95. The largest absolute Gasteiger partial charge is 0.322 e. The summed E-state index contributed by atoms with van der Waals surface area (Å²) in [6, 6.07) is 4.48. The molecule has 3 nitrogen and oxygen atoms in total. The summed E-state index contributed by atoms with van der Waals surface area (Å²) in [5.74, 6) is -0.990. The molecular weight excluding hydrogens is 224 g/mol. The molecule has 2 aromatic rings. The fourth-order valence-electron chi connectivity index (χ4n) is 1.66. The zero-order chi connectivity index (χ0) is 12.4. The topological polar surface area (TPSA) is 43.8 Å². The highest BCUT2D eigenvalue weighted by atomic mass is 19.1. The van der Waals surface area contributed by atoms with Crippen LogP contribution in [0.4, 0.5) is 8.78 Å². The summed E-state index contributed by atoms with van der Waals surface area (Å²) < 4.78 is 28.1. The predicted octanol–water partition coefficient (Wildman–Crippen LogP) is 2.17. The van der Waals surface area contributed by atoms with E-state index in [2.05, 4.69) is 5.10 Å². The van der Waals surface area contributed by atoms with E-state index in [4.69, 9.17) is 5.73 Å². The van der Waals surface area contributed by atoms with Gasteiger partial charge in [0.25, 0.3) is 0 Å². The van der Waals surface area contributed by atoms with Gasteiger partial charge in [0.05, 0.1) is 18.3 Å². The van der Waals surface area contributed by atoms with Gasteiger partial charge in [-0.1, -0.05) is 0 Å². The first-order valence-electron chi connectivity index (χ1n) is 5.27. The first-order valence-corrected chi connectivity index (χ1v) is 5.27. The van der Waals surface area contributed by atoms with Gasteiger partial charge >= 0.3 is 0 Å². The second kappa shape index (κ2) is 4.63. The fourth-order valence-corrected chi connectivity index (χ4v) is 1.66. The molecule has 1 heterocycles. The van der Waals surface area contributed by atoms with Crippen LogP contribution in [0.2, 0.25) is 0 Å². The van der Waals surface area contributed by atoms with Gasteiger partial charge in [0.1, 0.15) is 11.6 Å². The molecule has 5 heteroatoms. The number of benzene rings is 1. The van der Waals surface area contributed by atoms with Crippen molar-refractivity contribution in [3.05, 3.63) is 53.4 Å². The van der Waals surface area contributed by atoms with Crippen molar-refractivity contribution in [1.82, 2.24) is 9.78 Å². The molecule has 2 rings (SSSR count). The average molecular weight is 237 g/mol. The third kappa shape index (κ3) is 2.68. The Morgan fingerprint density at radius 2 is 2.12 bits per heavy atom. The van der Waals surface area contributed by atoms with Gasteiger partial charge in [-0.25, -0.2) is 8.78 Å². The van der Waals surface area contributed by atoms with Crippen molar-refractivity contribution in [2.24, 2.45) is 5.73 Å². The lowest BCUT2D eigenvalue weighted by Crippen LogP contribution is -2.19. The molecule has 0 aliphatic carbocycles. The maximum absolute atomic E-state index is 13.5. The number of hydrogen-bond acceptors (Lipinski definition) is 2. The highest BCUT2D eigenvalue weighted by Gasteiger charge is 2.13. The number of hydrogen-bond donors (Lipinski definition) is 1. The highest BCUT2D eigenvalue weighted by Crippen LogP contribution is 2.17. The number of nitrogens with zero attached hydrogens (tertiary/aromatic N) is 2. The summed E-state index contributed by atoms with van der Waals surface area (Å²) in [5, 5.41) is 4.15. The molecule has 0 aliphatic heterocycles. The van der Waals surface area contributed by atoms with E-state index in [1.165, 1.54) is 0 Å². The van der Waals surface area contributed by atoms with Crippen LogP contribution in [0.3, 0.4) is 0 Å². The van der Waals surface area contributed by atoms with Gasteiger partial charge < -0.3 is 5.73 Å². The van der Waals surface area contributed by atoms with Crippen molar-refractivity contribution >= 4 is 0 Å². The fraction of sp³-hybridized carbons (Fsp3) is 0.250. The van der Waals surface area contributed by atoms with Gasteiger partial charge in [-0.2, -0.15) is 5.10 Å². The van der Waals surface area contributed by atoms with E-state index in [0.29, 0.717) is 6.54 Å². The summed E-state index contributed by atoms with van der Waals surface area (Å²) in [6.07, 6.45) is 1.76. The van der Waals surface area contributed by atoms with Gasteiger partial charge in [-0.05, 0) is 31.2 Å². The molecule has 0 saturated carbocycles. The molecule has 1 unspecified atom stereocenters. The maximum atomic E-state index is 13.5. The minimum Gasteiger partial charge on any atom is -0.322 e. The van der Waals surface area contributed by atoms with Crippen LogP contribution in [-0.2, 0) is 6.54 Å². The normalized spacial score (nSPS) is 12.7. The van der Waals surface area contributed by atoms with Crippen LogP contribution in [0.5, 0.6) is 0 Å². The van der Waals surface area contributed by atoms with E-state index in [1.54, 1.807) is 10.9 Å². The van der Waals surface area contributed by atoms with Crippen molar-refractivity contribution in [3.8, 4) is 0 Å². The molecular formula is C12H13F2N3. The van der Waals surface area contributed by atoms with Crippen molar-refractivity contribution < 1.29 is 8.78 Å².